The molecule has 0 radical (unpaired) electrons. The van der Waals surface area contributed by atoms with Gasteiger partial charge in [0.1, 0.15) is 22.3 Å². The summed E-state index contributed by atoms with van der Waals surface area (Å²) in [6, 6.07) is 60.6. The number of para-hydroxylation sites is 4. The second-order valence-corrected chi connectivity index (χ2v) is 16.1. The van der Waals surface area contributed by atoms with E-state index in [9.17, 15) is 0 Å². The highest BCUT2D eigenvalue weighted by Gasteiger charge is 2.22. The number of fused-ring (bicyclic) bond motifs is 9. The number of allylic oxidation sites excluding steroid dienone is 4. The zero-order valence-corrected chi connectivity index (χ0v) is 34.0. The predicted octanol–water partition coefficient (Wildman–Crippen LogP) is 16.3. The summed E-state index contributed by atoms with van der Waals surface area (Å²) in [5.41, 5.74) is 18.9. The van der Waals surface area contributed by atoms with Gasteiger partial charge in [-0.25, -0.2) is 0 Å². The molecule has 3 nitrogen and oxygen atoms in total. The molecule has 60 heavy (non-hydrogen) atoms. The van der Waals surface area contributed by atoms with Gasteiger partial charge in [0.15, 0.2) is 0 Å². The fourth-order valence-corrected chi connectivity index (χ4v) is 9.43. The average Bonchev–Trinajstić information content (AvgIpc) is 3.97. The van der Waals surface area contributed by atoms with Gasteiger partial charge in [-0.05, 0) is 132 Å². The molecule has 0 aliphatic heterocycles. The number of hydrogen-bond donors (Lipinski definition) is 0. The van der Waals surface area contributed by atoms with E-state index in [2.05, 4.69) is 177 Å². The third kappa shape index (κ3) is 5.88. The minimum Gasteiger partial charge on any atom is -0.456 e. The lowest BCUT2D eigenvalue weighted by atomic mass is 9.89. The molecule has 12 rings (SSSR count). The first-order valence-electron chi connectivity index (χ1n) is 20.9. The summed E-state index contributed by atoms with van der Waals surface area (Å²) in [6.07, 6.45) is 6.74. The van der Waals surface area contributed by atoms with Gasteiger partial charge in [-0.1, -0.05) is 133 Å². The lowest BCUT2D eigenvalue weighted by Crippen LogP contribution is -2.02. The van der Waals surface area contributed by atoms with Gasteiger partial charge in [0.05, 0.1) is 11.0 Å². The van der Waals surface area contributed by atoms with Gasteiger partial charge in [-0.15, -0.1) is 0 Å². The van der Waals surface area contributed by atoms with E-state index in [1.807, 2.05) is 30.3 Å². The van der Waals surface area contributed by atoms with Crippen molar-refractivity contribution < 1.29 is 8.83 Å². The molecule has 3 heteroatoms. The lowest BCUT2D eigenvalue weighted by molar-refractivity contribution is 0.666. The fraction of sp³-hybridized carbons (Fsp3) is 0.0877. The third-order valence-electron chi connectivity index (χ3n) is 12.4. The molecule has 3 aromatic heterocycles. The van der Waals surface area contributed by atoms with Crippen LogP contribution in [0.2, 0.25) is 0 Å². The van der Waals surface area contributed by atoms with Crippen LogP contribution in [0.1, 0.15) is 35.1 Å². The molecule has 1 aliphatic carbocycles. The Labute approximate surface area is 349 Å². The summed E-state index contributed by atoms with van der Waals surface area (Å²) in [4.78, 5) is 0. The molecule has 0 spiro atoms. The average molecular weight is 774 g/mol. The van der Waals surface area contributed by atoms with Crippen LogP contribution in [0.15, 0.2) is 191 Å². The molecule has 8 aromatic carbocycles. The molecule has 0 unspecified atom stereocenters. The monoisotopic (exact) mass is 773 g/mol. The largest absolute Gasteiger partial charge is 0.456 e. The van der Waals surface area contributed by atoms with E-state index in [1.165, 1.54) is 82.8 Å². The molecule has 3 heterocycles. The summed E-state index contributed by atoms with van der Waals surface area (Å²) in [7, 11) is 0. The molecule has 288 valence electrons. The number of aryl methyl sites for hydroxylation is 3. The molecular formula is C57H43NO2. The Bertz CT molecular complexity index is 3520. The van der Waals surface area contributed by atoms with Crippen molar-refractivity contribution in [1.82, 2.24) is 4.57 Å². The summed E-state index contributed by atoms with van der Waals surface area (Å²) in [5, 5.41) is 7.31. The molecule has 0 saturated heterocycles. The summed E-state index contributed by atoms with van der Waals surface area (Å²) in [6.45, 7) is 6.56. The van der Waals surface area contributed by atoms with Crippen molar-refractivity contribution in [2.45, 2.75) is 33.6 Å². The van der Waals surface area contributed by atoms with Crippen LogP contribution >= 0.6 is 0 Å². The van der Waals surface area contributed by atoms with Gasteiger partial charge in [-0.2, -0.15) is 0 Å². The minimum absolute atomic E-state index is 0.921. The van der Waals surface area contributed by atoms with Gasteiger partial charge in [0.25, 0.3) is 0 Å². The van der Waals surface area contributed by atoms with Gasteiger partial charge >= 0.3 is 0 Å². The standard InChI is InChI=1S/C44H33NO.C13H10O/c1-28-20-22-31(32-23-24-35-34-15-8-11-19-41(34)46-42(35)27-32)26-37(28)43-29(2)21-25-40-44(43)36-16-7-10-18-39(36)45(40)38-17-9-6-14-33(38)30-12-4-3-5-13-30;1-9-5-4-7-11-10-6-2-3-8-12(10)14-13(9)11/h3-5,7-13,15-27H,6,14H2,1-2H3;2-8H,1H3. The van der Waals surface area contributed by atoms with E-state index in [1.54, 1.807) is 0 Å². The van der Waals surface area contributed by atoms with Crippen molar-refractivity contribution in [2.24, 2.45) is 0 Å². The number of furan rings is 2. The Hall–Kier alpha value is -7.36. The first kappa shape index (κ1) is 35.8. The van der Waals surface area contributed by atoms with E-state index in [-0.39, 0.29) is 0 Å². The maximum atomic E-state index is 6.27. The van der Waals surface area contributed by atoms with Crippen LogP contribution in [0.25, 0.3) is 99.2 Å². The second kappa shape index (κ2) is 14.5. The van der Waals surface area contributed by atoms with Crippen molar-refractivity contribution in [1.29, 1.82) is 0 Å². The molecule has 0 N–H and O–H groups in total. The third-order valence-corrected chi connectivity index (χ3v) is 12.4. The molecular weight excluding hydrogens is 731 g/mol. The first-order valence-corrected chi connectivity index (χ1v) is 20.9. The SMILES string of the molecule is Cc1ccc(-c2ccc3c(c2)oc2ccccc23)cc1-c1c(C)ccc2c1c1ccccc1n2C1=C(c2ccccc2)CCC=C1.Cc1cccc2c1oc1ccccc12. The van der Waals surface area contributed by atoms with Crippen LogP contribution in [-0.2, 0) is 0 Å². The van der Waals surface area contributed by atoms with E-state index >= 15 is 0 Å². The summed E-state index contributed by atoms with van der Waals surface area (Å²) in [5.74, 6) is 0. The Kier molecular flexibility index (Phi) is 8.63. The summed E-state index contributed by atoms with van der Waals surface area (Å²) >= 11 is 0. The van der Waals surface area contributed by atoms with E-state index in [0.29, 0.717) is 0 Å². The predicted molar refractivity (Wildman–Crippen MR) is 253 cm³/mol. The Morgan fingerprint density at radius 1 is 0.450 bits per heavy atom. The van der Waals surface area contributed by atoms with Crippen molar-refractivity contribution in [3.8, 4) is 22.3 Å². The van der Waals surface area contributed by atoms with Gasteiger partial charge in [0.2, 0.25) is 0 Å². The van der Waals surface area contributed by atoms with E-state index in [0.717, 1.165) is 51.5 Å². The van der Waals surface area contributed by atoms with Crippen molar-refractivity contribution in [3.05, 3.63) is 204 Å². The number of benzene rings is 8. The second-order valence-electron chi connectivity index (χ2n) is 16.1. The Morgan fingerprint density at radius 2 is 1.10 bits per heavy atom. The van der Waals surface area contributed by atoms with Gasteiger partial charge in [-0.3, -0.25) is 0 Å². The van der Waals surface area contributed by atoms with Crippen molar-refractivity contribution in [3.63, 3.8) is 0 Å². The Morgan fingerprint density at radius 3 is 1.93 bits per heavy atom. The lowest BCUT2D eigenvalue weighted by Gasteiger charge is -2.20. The maximum Gasteiger partial charge on any atom is 0.138 e. The molecule has 0 saturated carbocycles. The number of nitrogens with zero attached hydrogens (tertiary/aromatic N) is 1. The highest BCUT2D eigenvalue weighted by Crippen LogP contribution is 2.44. The quantitative estimate of drug-likeness (QED) is 0.178. The van der Waals surface area contributed by atoms with E-state index < -0.39 is 0 Å². The molecule has 11 aromatic rings. The van der Waals surface area contributed by atoms with Crippen molar-refractivity contribution in [2.75, 3.05) is 0 Å². The molecule has 0 fully saturated rings. The van der Waals surface area contributed by atoms with Crippen LogP contribution in [0.4, 0.5) is 0 Å². The molecule has 0 atom stereocenters. The highest BCUT2D eigenvalue weighted by molar-refractivity contribution is 6.18. The summed E-state index contributed by atoms with van der Waals surface area (Å²) < 4.78 is 14.6. The van der Waals surface area contributed by atoms with Gasteiger partial charge < -0.3 is 13.4 Å². The van der Waals surface area contributed by atoms with Crippen LogP contribution in [0.3, 0.4) is 0 Å². The number of hydrogen-bond acceptors (Lipinski definition) is 2. The van der Waals surface area contributed by atoms with Gasteiger partial charge in [0, 0.05) is 38.0 Å². The van der Waals surface area contributed by atoms with Crippen LogP contribution in [0, 0.1) is 20.8 Å². The zero-order chi connectivity index (χ0) is 40.3. The van der Waals surface area contributed by atoms with Crippen LogP contribution < -0.4 is 0 Å². The molecule has 1 aliphatic rings. The van der Waals surface area contributed by atoms with Crippen LogP contribution in [-0.4, -0.2) is 4.57 Å². The highest BCUT2D eigenvalue weighted by atomic mass is 16.3. The number of rotatable bonds is 4. The number of aromatic nitrogens is 1. The Balaban J connectivity index is 0.000000245. The van der Waals surface area contributed by atoms with E-state index in [4.69, 9.17) is 8.83 Å². The zero-order valence-electron chi connectivity index (χ0n) is 34.0. The topological polar surface area (TPSA) is 31.2 Å². The smallest absolute Gasteiger partial charge is 0.138 e. The normalized spacial score (nSPS) is 13.0. The first-order chi connectivity index (χ1) is 29.5. The maximum absolute atomic E-state index is 6.27. The minimum atomic E-state index is 0.921. The fourth-order valence-electron chi connectivity index (χ4n) is 9.43. The molecule has 0 amide bonds. The van der Waals surface area contributed by atoms with Crippen molar-refractivity contribution >= 4 is 77.0 Å². The molecule has 0 bridgehead atoms. The van der Waals surface area contributed by atoms with Crippen LogP contribution in [0.5, 0.6) is 0 Å².